The minimum atomic E-state index is -0.332. The molecule has 2 aliphatic rings. The van der Waals surface area contributed by atoms with Gasteiger partial charge in [0.1, 0.15) is 17.6 Å². The van der Waals surface area contributed by atoms with E-state index in [1.807, 2.05) is 18.7 Å². The number of aryl methyl sites for hydroxylation is 2. The quantitative estimate of drug-likeness (QED) is 0.831. The molecule has 0 radical (unpaired) electrons. The molecule has 6 heteroatoms. The first-order chi connectivity index (χ1) is 11.3. The van der Waals surface area contributed by atoms with Crippen LogP contribution in [0.15, 0.2) is 10.5 Å². The van der Waals surface area contributed by atoms with Crippen LogP contribution >= 0.6 is 0 Å². The fourth-order valence-corrected chi connectivity index (χ4v) is 3.77. The van der Waals surface area contributed by atoms with Crippen molar-refractivity contribution in [3.63, 3.8) is 0 Å². The largest absolute Gasteiger partial charge is 0.466 e. The van der Waals surface area contributed by atoms with Crippen LogP contribution in [0.2, 0.25) is 0 Å². The zero-order chi connectivity index (χ0) is 17.5. The lowest BCUT2D eigenvalue weighted by Crippen LogP contribution is -2.47. The van der Waals surface area contributed by atoms with Crippen LogP contribution in [0.3, 0.4) is 0 Å². The minimum absolute atomic E-state index is 0.0260. The molecule has 0 saturated carbocycles. The predicted octanol–water partition coefficient (Wildman–Crippen LogP) is 2.14. The SMILES string of the molecule is Cc1cc(C(=O)N2CCC3(CCC(C(=O)N(C)C)O3)CC2)c(C)o1. The number of furan rings is 1. The van der Waals surface area contributed by atoms with Gasteiger partial charge in [0.15, 0.2) is 0 Å². The van der Waals surface area contributed by atoms with Crippen molar-refractivity contribution in [2.24, 2.45) is 0 Å². The highest BCUT2D eigenvalue weighted by atomic mass is 16.5. The number of likely N-dealkylation sites (tertiary alicyclic amines) is 1. The van der Waals surface area contributed by atoms with Crippen molar-refractivity contribution in [3.05, 3.63) is 23.2 Å². The molecule has 1 atom stereocenters. The van der Waals surface area contributed by atoms with Crippen LogP contribution in [0.5, 0.6) is 0 Å². The molecule has 2 amide bonds. The van der Waals surface area contributed by atoms with Crippen molar-refractivity contribution in [1.82, 2.24) is 9.80 Å². The molecule has 132 valence electrons. The molecule has 1 spiro atoms. The van der Waals surface area contributed by atoms with Crippen molar-refractivity contribution in [3.8, 4) is 0 Å². The van der Waals surface area contributed by atoms with E-state index in [9.17, 15) is 9.59 Å². The number of carbonyl (C=O) groups excluding carboxylic acids is 2. The van der Waals surface area contributed by atoms with Crippen LogP contribution in [0, 0.1) is 13.8 Å². The maximum Gasteiger partial charge on any atom is 0.257 e. The fourth-order valence-electron chi connectivity index (χ4n) is 3.77. The van der Waals surface area contributed by atoms with Crippen LogP contribution in [0.25, 0.3) is 0 Å². The van der Waals surface area contributed by atoms with E-state index < -0.39 is 0 Å². The fraction of sp³-hybridized carbons (Fsp3) is 0.667. The summed E-state index contributed by atoms with van der Waals surface area (Å²) in [5, 5.41) is 0. The predicted molar refractivity (Wildman–Crippen MR) is 88.9 cm³/mol. The zero-order valence-corrected chi connectivity index (χ0v) is 14.9. The molecule has 1 aromatic rings. The van der Waals surface area contributed by atoms with E-state index in [4.69, 9.17) is 9.15 Å². The van der Waals surface area contributed by atoms with Gasteiger partial charge in [-0.25, -0.2) is 0 Å². The van der Waals surface area contributed by atoms with E-state index in [0.717, 1.165) is 31.4 Å². The second-order valence-electron chi connectivity index (χ2n) is 7.18. The average Bonchev–Trinajstić information content (AvgIpc) is 3.10. The summed E-state index contributed by atoms with van der Waals surface area (Å²) in [6, 6.07) is 1.81. The van der Waals surface area contributed by atoms with Gasteiger partial charge in [-0.05, 0) is 45.6 Å². The molecule has 1 unspecified atom stereocenters. The van der Waals surface area contributed by atoms with Gasteiger partial charge in [0.05, 0.1) is 11.2 Å². The number of ether oxygens (including phenoxy) is 1. The Morgan fingerprint density at radius 3 is 2.42 bits per heavy atom. The Labute approximate surface area is 142 Å². The van der Waals surface area contributed by atoms with Crippen LogP contribution in [0.1, 0.15) is 47.6 Å². The van der Waals surface area contributed by atoms with E-state index in [-0.39, 0.29) is 23.5 Å². The summed E-state index contributed by atoms with van der Waals surface area (Å²) < 4.78 is 11.6. The first-order valence-corrected chi connectivity index (χ1v) is 8.57. The molecule has 24 heavy (non-hydrogen) atoms. The van der Waals surface area contributed by atoms with Crippen molar-refractivity contribution < 1.29 is 18.7 Å². The van der Waals surface area contributed by atoms with Gasteiger partial charge in [-0.1, -0.05) is 0 Å². The second kappa shape index (κ2) is 6.24. The molecular formula is C18H26N2O4. The number of hydrogen-bond donors (Lipinski definition) is 0. The van der Waals surface area contributed by atoms with E-state index in [2.05, 4.69) is 0 Å². The Bertz CT molecular complexity index is 641. The molecule has 2 fully saturated rings. The second-order valence-corrected chi connectivity index (χ2v) is 7.18. The number of nitrogens with zero attached hydrogens (tertiary/aromatic N) is 2. The van der Waals surface area contributed by atoms with Gasteiger partial charge in [-0.15, -0.1) is 0 Å². The summed E-state index contributed by atoms with van der Waals surface area (Å²) in [6.07, 6.45) is 2.90. The number of carbonyl (C=O) groups is 2. The van der Waals surface area contributed by atoms with Crippen LogP contribution in [0.4, 0.5) is 0 Å². The lowest BCUT2D eigenvalue weighted by Gasteiger charge is -2.39. The van der Waals surface area contributed by atoms with Crippen LogP contribution in [-0.2, 0) is 9.53 Å². The molecule has 6 nitrogen and oxygen atoms in total. The van der Waals surface area contributed by atoms with Gasteiger partial charge in [-0.2, -0.15) is 0 Å². The van der Waals surface area contributed by atoms with E-state index in [0.29, 0.717) is 24.4 Å². The summed E-state index contributed by atoms with van der Waals surface area (Å²) in [6.45, 7) is 4.99. The van der Waals surface area contributed by atoms with Gasteiger partial charge in [0, 0.05) is 27.2 Å². The molecule has 0 bridgehead atoms. The Hall–Kier alpha value is -1.82. The number of hydrogen-bond acceptors (Lipinski definition) is 4. The first-order valence-electron chi connectivity index (χ1n) is 8.57. The Morgan fingerprint density at radius 2 is 1.88 bits per heavy atom. The number of piperidine rings is 1. The van der Waals surface area contributed by atoms with Crippen molar-refractivity contribution >= 4 is 11.8 Å². The average molecular weight is 334 g/mol. The Morgan fingerprint density at radius 1 is 1.21 bits per heavy atom. The molecule has 0 aliphatic carbocycles. The first kappa shape index (κ1) is 17.0. The van der Waals surface area contributed by atoms with Crippen molar-refractivity contribution in [1.29, 1.82) is 0 Å². The monoisotopic (exact) mass is 334 g/mol. The number of likely N-dealkylation sites (N-methyl/N-ethyl adjacent to an activating group) is 1. The Balaban J connectivity index is 1.61. The molecule has 0 N–H and O–H groups in total. The van der Waals surface area contributed by atoms with Gasteiger partial charge in [0.25, 0.3) is 11.8 Å². The Kier molecular flexibility index (Phi) is 4.42. The summed E-state index contributed by atoms with van der Waals surface area (Å²) in [7, 11) is 3.51. The van der Waals surface area contributed by atoms with Crippen molar-refractivity contribution in [2.45, 2.75) is 51.2 Å². The maximum absolute atomic E-state index is 12.7. The van der Waals surface area contributed by atoms with Crippen LogP contribution < -0.4 is 0 Å². The number of amides is 2. The number of rotatable bonds is 2. The van der Waals surface area contributed by atoms with E-state index in [1.165, 1.54) is 0 Å². The molecular weight excluding hydrogens is 308 g/mol. The summed E-state index contributed by atoms with van der Waals surface area (Å²) in [5.41, 5.74) is 0.408. The smallest absolute Gasteiger partial charge is 0.257 e. The molecule has 2 aliphatic heterocycles. The normalized spacial score (nSPS) is 22.8. The lowest BCUT2D eigenvalue weighted by atomic mass is 9.88. The topological polar surface area (TPSA) is 63.0 Å². The molecule has 2 saturated heterocycles. The standard InChI is InChI=1S/C18H26N2O4/c1-12-11-14(13(2)23-12)16(21)20-9-7-18(8-10-20)6-5-15(24-18)17(22)19(3)4/h11,15H,5-10H2,1-4H3. The minimum Gasteiger partial charge on any atom is -0.466 e. The lowest BCUT2D eigenvalue weighted by molar-refractivity contribution is -0.148. The summed E-state index contributed by atoms with van der Waals surface area (Å²) in [4.78, 5) is 28.2. The van der Waals surface area contributed by atoms with Gasteiger partial charge >= 0.3 is 0 Å². The maximum atomic E-state index is 12.7. The summed E-state index contributed by atoms with van der Waals surface area (Å²) >= 11 is 0. The van der Waals surface area contributed by atoms with Gasteiger partial charge in [-0.3, -0.25) is 9.59 Å². The highest BCUT2D eigenvalue weighted by molar-refractivity contribution is 5.95. The molecule has 3 heterocycles. The van der Waals surface area contributed by atoms with E-state index >= 15 is 0 Å². The zero-order valence-electron chi connectivity index (χ0n) is 14.9. The van der Waals surface area contributed by atoms with E-state index in [1.54, 1.807) is 25.1 Å². The highest BCUT2D eigenvalue weighted by Gasteiger charge is 2.45. The van der Waals surface area contributed by atoms with Crippen molar-refractivity contribution in [2.75, 3.05) is 27.2 Å². The molecule has 1 aromatic heterocycles. The van der Waals surface area contributed by atoms with Gasteiger partial charge in [0.2, 0.25) is 0 Å². The van der Waals surface area contributed by atoms with Crippen LogP contribution in [-0.4, -0.2) is 60.5 Å². The highest BCUT2D eigenvalue weighted by Crippen LogP contribution is 2.39. The molecule has 3 rings (SSSR count). The van der Waals surface area contributed by atoms with Gasteiger partial charge < -0.3 is 19.0 Å². The third-order valence-electron chi connectivity index (χ3n) is 5.20. The molecule has 0 aromatic carbocycles. The third kappa shape index (κ3) is 3.07. The third-order valence-corrected chi connectivity index (χ3v) is 5.20. The summed E-state index contributed by atoms with van der Waals surface area (Å²) in [5.74, 6) is 1.49.